The second-order valence-corrected chi connectivity index (χ2v) is 8.13. The summed E-state index contributed by atoms with van der Waals surface area (Å²) in [5.41, 5.74) is 0. The van der Waals surface area contributed by atoms with Crippen LogP contribution < -0.4 is 0 Å². The maximum atomic E-state index is 8.24. The average molecular weight is 605 g/mol. The zero-order valence-corrected chi connectivity index (χ0v) is 27.8. The summed E-state index contributed by atoms with van der Waals surface area (Å²) in [5, 5.41) is 8.24. The molecule has 0 aromatic rings. The van der Waals surface area contributed by atoms with E-state index in [1.54, 1.807) is 14.2 Å². The van der Waals surface area contributed by atoms with Crippen LogP contribution in [0.15, 0.2) is 0 Å². The van der Waals surface area contributed by atoms with Gasteiger partial charge in [-0.2, -0.15) is 0 Å². The third-order valence-corrected chi connectivity index (χ3v) is 4.33. The third-order valence-electron chi connectivity index (χ3n) is 4.33. The van der Waals surface area contributed by atoms with Gasteiger partial charge >= 0.3 is 0 Å². The van der Waals surface area contributed by atoms with Crippen molar-refractivity contribution in [3.8, 4) is 0 Å². The van der Waals surface area contributed by atoms with E-state index < -0.39 is 0 Å². The van der Waals surface area contributed by atoms with Crippen molar-refractivity contribution in [2.75, 3.05) is 140 Å². The number of methoxy groups -OCH3 is 2. The molecule has 0 atom stereocenters. The third kappa shape index (κ3) is 68.4. The van der Waals surface area contributed by atoms with Gasteiger partial charge in [0.1, 0.15) is 0 Å². The van der Waals surface area contributed by atoms with Crippen molar-refractivity contribution < 1.29 is 52.5 Å². The average Bonchev–Trinajstić information content (AvgIpc) is 2.99. The number of rotatable bonds is 29. The summed E-state index contributed by atoms with van der Waals surface area (Å²) in [6.45, 7) is 22.9. The van der Waals surface area contributed by atoms with Crippen LogP contribution >= 0.6 is 0 Å². The molecular weight excluding hydrogens is 536 g/mol. The van der Waals surface area contributed by atoms with Crippen LogP contribution in [0.1, 0.15) is 60.3 Å². The Hall–Kier alpha value is -0.440. The molecule has 0 bridgehead atoms. The van der Waals surface area contributed by atoms with Gasteiger partial charge in [-0.25, -0.2) is 0 Å². The Morgan fingerprint density at radius 3 is 0.951 bits per heavy atom. The lowest BCUT2D eigenvalue weighted by molar-refractivity contribution is 0.0148. The first-order valence-electron chi connectivity index (χ1n) is 15.4. The first-order valence-corrected chi connectivity index (χ1v) is 15.4. The molecule has 0 unspecified atom stereocenters. The maximum absolute atomic E-state index is 8.24. The Morgan fingerprint density at radius 2 is 0.659 bits per heavy atom. The van der Waals surface area contributed by atoms with Crippen molar-refractivity contribution in [2.24, 2.45) is 0 Å². The summed E-state index contributed by atoms with van der Waals surface area (Å²) < 4.78 is 50.7. The molecule has 41 heavy (non-hydrogen) atoms. The van der Waals surface area contributed by atoms with E-state index in [1.807, 2.05) is 13.8 Å². The van der Waals surface area contributed by atoms with Crippen LogP contribution in [-0.4, -0.2) is 145 Å². The van der Waals surface area contributed by atoms with Crippen LogP contribution in [0, 0.1) is 0 Å². The van der Waals surface area contributed by atoms with Gasteiger partial charge in [0.2, 0.25) is 0 Å². The van der Waals surface area contributed by atoms with Crippen molar-refractivity contribution in [3.63, 3.8) is 0 Å². The molecule has 0 aliphatic rings. The Labute approximate surface area is 252 Å². The van der Waals surface area contributed by atoms with E-state index in [-0.39, 0.29) is 6.61 Å². The highest BCUT2D eigenvalue weighted by Crippen LogP contribution is 1.86. The molecule has 0 fully saturated rings. The predicted molar refractivity (Wildman–Crippen MR) is 164 cm³/mol. The lowest BCUT2D eigenvalue weighted by Crippen LogP contribution is -2.09. The summed E-state index contributed by atoms with van der Waals surface area (Å²) in [6, 6.07) is 0. The summed E-state index contributed by atoms with van der Waals surface area (Å²) in [7, 11) is 3.30. The van der Waals surface area contributed by atoms with Crippen molar-refractivity contribution in [3.05, 3.63) is 0 Å². The smallest absolute Gasteiger partial charge is 0.0701 e. The van der Waals surface area contributed by atoms with E-state index in [0.29, 0.717) is 85.9 Å². The Kier molecular flexibility index (Phi) is 64.3. The Balaban J connectivity index is -0.000000226. The largest absolute Gasteiger partial charge is 0.394 e. The fourth-order valence-electron chi connectivity index (χ4n) is 2.26. The van der Waals surface area contributed by atoms with Crippen molar-refractivity contribution >= 4 is 0 Å². The predicted octanol–water partition coefficient (Wildman–Crippen LogP) is 4.02. The molecule has 0 aromatic carbocycles. The number of hydrogen-bond acceptors (Lipinski definition) is 11. The molecule has 0 rings (SSSR count). The van der Waals surface area contributed by atoms with Gasteiger partial charge in [-0.15, -0.1) is 0 Å². The van der Waals surface area contributed by atoms with E-state index in [0.717, 1.165) is 58.7 Å². The summed E-state index contributed by atoms with van der Waals surface area (Å²) in [4.78, 5) is 0. The van der Waals surface area contributed by atoms with Gasteiger partial charge < -0.3 is 52.5 Å². The number of unbranched alkanes of at least 4 members (excludes halogenated alkanes) is 1. The van der Waals surface area contributed by atoms with Gasteiger partial charge in [0, 0.05) is 47.3 Å². The van der Waals surface area contributed by atoms with E-state index in [4.69, 9.17) is 52.5 Å². The van der Waals surface area contributed by atoms with Gasteiger partial charge in [0.05, 0.1) is 92.5 Å². The molecule has 0 spiro atoms. The zero-order chi connectivity index (χ0) is 31.3. The van der Waals surface area contributed by atoms with Crippen molar-refractivity contribution in [1.29, 1.82) is 0 Å². The molecule has 0 amide bonds. The number of hydrogen-bond donors (Lipinski definition) is 1. The lowest BCUT2D eigenvalue weighted by atomic mass is 10.4. The maximum Gasteiger partial charge on any atom is 0.0701 e. The second kappa shape index (κ2) is 55.5. The highest BCUT2D eigenvalue weighted by Gasteiger charge is 1.90. The van der Waals surface area contributed by atoms with Gasteiger partial charge in [-0.05, 0) is 33.1 Å². The highest BCUT2D eigenvalue weighted by molar-refractivity contribution is 4.34. The van der Waals surface area contributed by atoms with Gasteiger partial charge in [-0.3, -0.25) is 0 Å². The molecule has 254 valence electrons. The van der Waals surface area contributed by atoms with Crippen LogP contribution in [-0.2, 0) is 47.4 Å². The van der Waals surface area contributed by atoms with E-state index >= 15 is 0 Å². The summed E-state index contributed by atoms with van der Waals surface area (Å²) in [6.07, 6.45) is 4.39. The number of aliphatic hydroxyl groups excluding tert-OH is 1. The minimum absolute atomic E-state index is 0.143. The fourth-order valence-corrected chi connectivity index (χ4v) is 2.26. The molecule has 11 heteroatoms. The van der Waals surface area contributed by atoms with Crippen molar-refractivity contribution in [2.45, 2.75) is 60.3 Å². The molecule has 0 heterocycles. The van der Waals surface area contributed by atoms with E-state index in [2.05, 4.69) is 20.8 Å². The number of aliphatic hydroxyl groups is 1. The van der Waals surface area contributed by atoms with Crippen LogP contribution in [0.2, 0.25) is 0 Å². The first kappa shape index (κ1) is 47.5. The lowest BCUT2D eigenvalue weighted by Gasteiger charge is -2.05. The highest BCUT2D eigenvalue weighted by atomic mass is 16.6. The minimum atomic E-state index is 0.143. The van der Waals surface area contributed by atoms with Crippen molar-refractivity contribution in [1.82, 2.24) is 0 Å². The molecule has 0 aromatic heterocycles. The zero-order valence-electron chi connectivity index (χ0n) is 27.8. The molecule has 0 saturated carbocycles. The fraction of sp³-hybridized carbons (Fsp3) is 1.00. The molecule has 11 nitrogen and oxygen atoms in total. The molecule has 1 N–H and O–H groups in total. The second-order valence-electron chi connectivity index (χ2n) is 8.13. The topological polar surface area (TPSA) is 113 Å². The summed E-state index contributed by atoms with van der Waals surface area (Å²) in [5.74, 6) is 0. The number of ether oxygens (including phenoxy) is 10. The normalized spacial score (nSPS) is 10.2. The van der Waals surface area contributed by atoms with Crippen LogP contribution in [0.5, 0.6) is 0 Å². The molecule has 0 aliphatic heterocycles. The monoisotopic (exact) mass is 604 g/mol. The molecule has 0 saturated heterocycles. The van der Waals surface area contributed by atoms with Gasteiger partial charge in [-0.1, -0.05) is 27.2 Å². The summed E-state index contributed by atoms with van der Waals surface area (Å²) >= 11 is 0. The van der Waals surface area contributed by atoms with E-state index in [1.165, 1.54) is 0 Å². The quantitative estimate of drug-likeness (QED) is 0.125. The molecular formula is C30H68O11. The van der Waals surface area contributed by atoms with Crippen LogP contribution in [0.4, 0.5) is 0 Å². The minimum Gasteiger partial charge on any atom is -0.394 e. The van der Waals surface area contributed by atoms with Gasteiger partial charge in [0.15, 0.2) is 0 Å². The Morgan fingerprint density at radius 1 is 0.341 bits per heavy atom. The SMILES string of the molecule is CCCCOCCO.CCCOCCOCCOCCC.CCOCCOCCOCC.COCCOCCOC. The molecule has 0 aliphatic carbocycles. The van der Waals surface area contributed by atoms with Crippen LogP contribution in [0.25, 0.3) is 0 Å². The van der Waals surface area contributed by atoms with E-state index in [9.17, 15) is 0 Å². The van der Waals surface area contributed by atoms with Gasteiger partial charge in [0.25, 0.3) is 0 Å². The standard InChI is InChI=1S/C10H22O3.C8H18O3.C6H14O3.C6H14O2/c1-3-5-11-7-9-13-10-8-12-6-4-2;1-3-9-5-7-11-8-6-10-4-2;1-7-3-5-9-6-4-8-2;1-2-3-5-8-6-4-7/h3-10H2,1-2H3;3-8H2,1-2H3;3-6H2,1-2H3;7H,2-6H2,1H3. The Bertz CT molecular complexity index is 337. The molecule has 0 radical (unpaired) electrons. The van der Waals surface area contributed by atoms with Crippen LogP contribution in [0.3, 0.4) is 0 Å². The first-order chi connectivity index (χ1) is 20.2.